The predicted octanol–water partition coefficient (Wildman–Crippen LogP) is 4.26. The molecule has 0 atom stereocenters. The van der Waals surface area contributed by atoms with Crippen LogP contribution in [0.1, 0.15) is 22.6 Å². The Balaban J connectivity index is 1.59. The summed E-state index contributed by atoms with van der Waals surface area (Å²) < 4.78 is 5.67. The molecule has 0 amide bonds. The fourth-order valence-corrected chi connectivity index (χ4v) is 2.70. The molecular weight excluding hydrogens is 280 g/mol. The molecule has 1 heterocycles. The Morgan fingerprint density at radius 1 is 0.905 bits per heavy atom. The maximum Gasteiger partial charge on any atom is 0.276 e. The van der Waals surface area contributed by atoms with Crippen LogP contribution in [-0.4, -0.2) is 10.2 Å². The second-order valence-electron chi connectivity index (χ2n) is 4.90. The summed E-state index contributed by atoms with van der Waals surface area (Å²) in [7, 11) is 0. The van der Waals surface area contributed by atoms with E-state index in [1.807, 2.05) is 18.2 Å². The van der Waals surface area contributed by atoms with Crippen LogP contribution >= 0.6 is 11.8 Å². The smallest absolute Gasteiger partial charge is 0.276 e. The maximum absolute atomic E-state index is 5.67. The van der Waals surface area contributed by atoms with Gasteiger partial charge in [-0.2, -0.15) is 0 Å². The van der Waals surface area contributed by atoms with E-state index in [9.17, 15) is 0 Å². The molecule has 3 rings (SSSR count). The molecule has 0 aliphatic heterocycles. The van der Waals surface area contributed by atoms with Gasteiger partial charge in [-0.05, 0) is 18.1 Å². The third-order valence-electron chi connectivity index (χ3n) is 3.13. The Hall–Kier alpha value is -2.07. The molecule has 0 fully saturated rings. The van der Waals surface area contributed by atoms with Crippen molar-refractivity contribution in [3.05, 3.63) is 77.2 Å². The third kappa shape index (κ3) is 3.95. The van der Waals surface area contributed by atoms with Gasteiger partial charge in [0.15, 0.2) is 0 Å². The van der Waals surface area contributed by atoms with Crippen LogP contribution in [0.25, 0.3) is 0 Å². The maximum atomic E-state index is 5.67. The highest BCUT2D eigenvalue weighted by molar-refractivity contribution is 7.98. The van der Waals surface area contributed by atoms with Crippen molar-refractivity contribution in [3.8, 4) is 0 Å². The number of hydrogen-bond acceptors (Lipinski definition) is 4. The van der Waals surface area contributed by atoms with E-state index in [4.69, 9.17) is 4.42 Å². The van der Waals surface area contributed by atoms with Gasteiger partial charge in [0.05, 0.1) is 6.42 Å². The zero-order valence-electron chi connectivity index (χ0n) is 11.8. The second-order valence-corrected chi connectivity index (χ2v) is 5.82. The van der Waals surface area contributed by atoms with E-state index in [1.165, 1.54) is 16.7 Å². The van der Waals surface area contributed by atoms with Crippen molar-refractivity contribution < 1.29 is 4.42 Å². The molecule has 0 bridgehead atoms. The van der Waals surface area contributed by atoms with Crippen LogP contribution in [0.4, 0.5) is 0 Å². The monoisotopic (exact) mass is 296 g/mol. The van der Waals surface area contributed by atoms with Crippen LogP contribution in [-0.2, 0) is 12.2 Å². The molecule has 0 aliphatic rings. The summed E-state index contributed by atoms with van der Waals surface area (Å²) in [5.41, 5.74) is 3.70. The SMILES string of the molecule is Cc1ccc(CSc2nnc(Cc3ccccc3)o2)cc1. The fourth-order valence-electron chi connectivity index (χ4n) is 1.97. The summed E-state index contributed by atoms with van der Waals surface area (Å²) in [6, 6.07) is 18.6. The normalized spacial score (nSPS) is 10.7. The fraction of sp³-hybridized carbons (Fsp3) is 0.176. The first-order valence-corrected chi connectivity index (χ1v) is 7.83. The zero-order valence-corrected chi connectivity index (χ0v) is 12.6. The Morgan fingerprint density at radius 3 is 2.43 bits per heavy atom. The summed E-state index contributed by atoms with van der Waals surface area (Å²) in [5.74, 6) is 1.50. The molecule has 0 N–H and O–H groups in total. The van der Waals surface area contributed by atoms with Crippen molar-refractivity contribution in [1.82, 2.24) is 10.2 Å². The molecule has 2 aromatic carbocycles. The lowest BCUT2D eigenvalue weighted by atomic mass is 10.2. The lowest BCUT2D eigenvalue weighted by Crippen LogP contribution is -1.87. The molecule has 0 saturated carbocycles. The number of aromatic nitrogens is 2. The quantitative estimate of drug-likeness (QED) is 0.659. The van der Waals surface area contributed by atoms with E-state index >= 15 is 0 Å². The minimum absolute atomic E-state index is 0.626. The highest BCUT2D eigenvalue weighted by Crippen LogP contribution is 2.22. The van der Waals surface area contributed by atoms with Crippen molar-refractivity contribution in [2.24, 2.45) is 0 Å². The first-order valence-electron chi connectivity index (χ1n) is 6.84. The highest BCUT2D eigenvalue weighted by Gasteiger charge is 2.07. The van der Waals surface area contributed by atoms with Crippen LogP contribution < -0.4 is 0 Å². The largest absolute Gasteiger partial charge is 0.416 e. The van der Waals surface area contributed by atoms with Gasteiger partial charge in [-0.1, -0.05) is 71.9 Å². The Bertz CT molecular complexity index is 692. The van der Waals surface area contributed by atoms with Gasteiger partial charge in [0.1, 0.15) is 0 Å². The molecule has 0 spiro atoms. The molecule has 3 nitrogen and oxygen atoms in total. The average Bonchev–Trinajstić information content (AvgIpc) is 2.95. The van der Waals surface area contributed by atoms with Crippen LogP contribution in [0.15, 0.2) is 64.2 Å². The van der Waals surface area contributed by atoms with Crippen LogP contribution in [0.3, 0.4) is 0 Å². The van der Waals surface area contributed by atoms with E-state index in [1.54, 1.807) is 11.8 Å². The second kappa shape index (κ2) is 6.59. The molecule has 0 radical (unpaired) electrons. The zero-order chi connectivity index (χ0) is 14.5. The number of hydrogen-bond donors (Lipinski definition) is 0. The molecule has 1 aromatic heterocycles. The molecule has 4 heteroatoms. The van der Waals surface area contributed by atoms with Gasteiger partial charge in [-0.15, -0.1) is 10.2 Å². The van der Waals surface area contributed by atoms with Gasteiger partial charge in [0.25, 0.3) is 5.22 Å². The van der Waals surface area contributed by atoms with E-state index in [2.05, 4.69) is 53.5 Å². The summed E-state index contributed by atoms with van der Waals surface area (Å²) >= 11 is 1.57. The number of thioether (sulfide) groups is 1. The van der Waals surface area contributed by atoms with Crippen molar-refractivity contribution in [2.75, 3.05) is 0 Å². The van der Waals surface area contributed by atoms with Gasteiger partial charge in [0, 0.05) is 5.75 Å². The van der Waals surface area contributed by atoms with Gasteiger partial charge in [-0.3, -0.25) is 0 Å². The highest BCUT2D eigenvalue weighted by atomic mass is 32.2. The Morgan fingerprint density at radius 2 is 1.67 bits per heavy atom. The Labute approximate surface area is 128 Å². The standard InChI is InChI=1S/C17H16N2OS/c1-13-7-9-15(10-8-13)12-21-17-19-18-16(20-17)11-14-5-3-2-4-6-14/h2-10H,11-12H2,1H3. The number of benzene rings is 2. The number of rotatable bonds is 5. The van der Waals surface area contributed by atoms with Crippen molar-refractivity contribution in [2.45, 2.75) is 24.3 Å². The van der Waals surface area contributed by atoms with Crippen LogP contribution in [0.2, 0.25) is 0 Å². The number of nitrogens with zero attached hydrogens (tertiary/aromatic N) is 2. The van der Waals surface area contributed by atoms with Gasteiger partial charge < -0.3 is 4.42 Å². The minimum Gasteiger partial charge on any atom is -0.416 e. The van der Waals surface area contributed by atoms with Crippen LogP contribution in [0, 0.1) is 6.92 Å². The summed E-state index contributed by atoms with van der Waals surface area (Å²) in [6.45, 7) is 2.09. The summed E-state index contributed by atoms with van der Waals surface area (Å²) in [5, 5.41) is 8.82. The molecule has 21 heavy (non-hydrogen) atoms. The lowest BCUT2D eigenvalue weighted by molar-refractivity contribution is 0.420. The van der Waals surface area contributed by atoms with E-state index in [-0.39, 0.29) is 0 Å². The van der Waals surface area contributed by atoms with Crippen molar-refractivity contribution in [3.63, 3.8) is 0 Å². The number of aryl methyl sites for hydroxylation is 1. The first-order chi connectivity index (χ1) is 10.3. The van der Waals surface area contributed by atoms with Crippen LogP contribution in [0.5, 0.6) is 0 Å². The van der Waals surface area contributed by atoms with E-state index in [0.29, 0.717) is 17.5 Å². The lowest BCUT2D eigenvalue weighted by Gasteiger charge is -1.99. The van der Waals surface area contributed by atoms with E-state index < -0.39 is 0 Å². The first kappa shape index (κ1) is 13.9. The van der Waals surface area contributed by atoms with E-state index in [0.717, 1.165) is 5.75 Å². The third-order valence-corrected chi connectivity index (χ3v) is 4.02. The van der Waals surface area contributed by atoms with Gasteiger partial charge in [0.2, 0.25) is 5.89 Å². The predicted molar refractivity (Wildman–Crippen MR) is 84.3 cm³/mol. The van der Waals surface area contributed by atoms with Gasteiger partial charge in [-0.25, -0.2) is 0 Å². The molecule has 106 valence electrons. The molecule has 0 unspecified atom stereocenters. The molecule has 0 saturated heterocycles. The van der Waals surface area contributed by atoms with Crippen molar-refractivity contribution >= 4 is 11.8 Å². The summed E-state index contributed by atoms with van der Waals surface area (Å²) in [4.78, 5) is 0. The Kier molecular flexibility index (Phi) is 4.36. The summed E-state index contributed by atoms with van der Waals surface area (Å²) in [6.07, 6.45) is 0.679. The topological polar surface area (TPSA) is 38.9 Å². The minimum atomic E-state index is 0.626. The van der Waals surface area contributed by atoms with Crippen molar-refractivity contribution in [1.29, 1.82) is 0 Å². The molecule has 0 aliphatic carbocycles. The molecular formula is C17H16N2OS. The van der Waals surface area contributed by atoms with Gasteiger partial charge >= 0.3 is 0 Å². The molecule has 3 aromatic rings. The average molecular weight is 296 g/mol.